The maximum atomic E-state index is 12.9. The van der Waals surface area contributed by atoms with Gasteiger partial charge in [-0.15, -0.1) is 0 Å². The highest BCUT2D eigenvalue weighted by molar-refractivity contribution is 6.30. The van der Waals surface area contributed by atoms with Gasteiger partial charge in [0.2, 0.25) is 0 Å². The molecule has 1 aliphatic heterocycles. The number of esters is 1. The van der Waals surface area contributed by atoms with Gasteiger partial charge in [-0.25, -0.2) is 0 Å². The molecule has 234 valence electrons. The fraction of sp³-hybridized carbons (Fsp3) is 0.316. The summed E-state index contributed by atoms with van der Waals surface area (Å²) < 4.78 is 11.4. The maximum absolute atomic E-state index is 12.9. The number of rotatable bonds is 14. The molecule has 45 heavy (non-hydrogen) atoms. The zero-order chi connectivity index (χ0) is 31.4. The van der Waals surface area contributed by atoms with Crippen LogP contribution in [0.1, 0.15) is 57.9 Å². The van der Waals surface area contributed by atoms with Gasteiger partial charge in [0.1, 0.15) is 6.61 Å². The Kier molecular flexibility index (Phi) is 11.9. The minimum atomic E-state index is -0.433. The summed E-state index contributed by atoms with van der Waals surface area (Å²) >= 11 is 6.17. The number of ketones is 1. The first-order chi connectivity index (χ1) is 22.0. The van der Waals surface area contributed by atoms with Gasteiger partial charge >= 0.3 is 5.97 Å². The Balaban J connectivity index is 1.04. The summed E-state index contributed by atoms with van der Waals surface area (Å²) in [6.07, 6.45) is 0.581. The van der Waals surface area contributed by atoms with Crippen molar-refractivity contribution in [1.82, 2.24) is 9.80 Å². The second-order valence-electron chi connectivity index (χ2n) is 11.3. The van der Waals surface area contributed by atoms with E-state index in [0.29, 0.717) is 30.8 Å². The molecular weight excluding hydrogens is 584 g/mol. The molecule has 0 unspecified atom stereocenters. The molecule has 0 amide bonds. The van der Waals surface area contributed by atoms with Gasteiger partial charge in [0, 0.05) is 48.9 Å². The number of hydrogen-bond acceptors (Lipinski definition) is 6. The molecule has 0 saturated carbocycles. The number of nitrogens with zero attached hydrogens (tertiary/aromatic N) is 2. The van der Waals surface area contributed by atoms with Gasteiger partial charge in [-0.2, -0.15) is 0 Å². The number of benzene rings is 4. The standard InChI is InChI=1S/C38H41ClN2O4/c1-2-35(32-14-9-15-33(28-32)37(42)31-12-7-4-8-13-31)38(43)45-27-26-44-25-24-40-20-22-41(23-21-40)36(29-10-5-3-6-11-29)30-16-18-34(39)19-17-30/h3-19,28,35-36H,2,20-27H2,1H3/t35-,36-/m1/s1. The van der Waals surface area contributed by atoms with Gasteiger partial charge in [-0.1, -0.05) is 110 Å². The van der Waals surface area contributed by atoms with Crippen molar-refractivity contribution in [1.29, 1.82) is 0 Å². The molecule has 0 aromatic heterocycles. The van der Waals surface area contributed by atoms with Crippen LogP contribution < -0.4 is 0 Å². The van der Waals surface area contributed by atoms with Crippen molar-refractivity contribution in [2.75, 3.05) is 52.5 Å². The van der Waals surface area contributed by atoms with Gasteiger partial charge in [0.05, 0.1) is 25.2 Å². The van der Waals surface area contributed by atoms with E-state index in [4.69, 9.17) is 21.1 Å². The van der Waals surface area contributed by atoms with Crippen LogP contribution in [0.25, 0.3) is 0 Å². The van der Waals surface area contributed by atoms with Crippen molar-refractivity contribution < 1.29 is 19.1 Å². The first-order valence-electron chi connectivity index (χ1n) is 15.7. The largest absolute Gasteiger partial charge is 0.463 e. The van der Waals surface area contributed by atoms with E-state index >= 15 is 0 Å². The van der Waals surface area contributed by atoms with Crippen LogP contribution in [0, 0.1) is 0 Å². The summed E-state index contributed by atoms with van der Waals surface area (Å²) in [7, 11) is 0. The Hall–Kier alpha value is -3.81. The average Bonchev–Trinajstić information content (AvgIpc) is 3.09. The molecule has 1 fully saturated rings. The highest BCUT2D eigenvalue weighted by Gasteiger charge is 2.26. The van der Waals surface area contributed by atoms with E-state index in [-0.39, 0.29) is 24.4 Å². The normalized spacial score (nSPS) is 15.3. The Morgan fingerprint density at radius 1 is 0.711 bits per heavy atom. The number of piperazine rings is 1. The quantitative estimate of drug-likeness (QED) is 0.0853. The van der Waals surface area contributed by atoms with Crippen molar-refractivity contribution in [2.24, 2.45) is 0 Å². The third-order valence-electron chi connectivity index (χ3n) is 8.38. The second-order valence-corrected chi connectivity index (χ2v) is 11.7. The smallest absolute Gasteiger partial charge is 0.313 e. The molecule has 0 radical (unpaired) electrons. The van der Waals surface area contributed by atoms with Crippen LogP contribution in [0.4, 0.5) is 0 Å². The number of carbonyl (C=O) groups is 2. The van der Waals surface area contributed by atoms with Crippen molar-refractivity contribution in [3.8, 4) is 0 Å². The fourth-order valence-corrected chi connectivity index (χ4v) is 6.05. The van der Waals surface area contributed by atoms with E-state index in [1.807, 2.05) is 49.4 Å². The van der Waals surface area contributed by atoms with E-state index in [0.717, 1.165) is 43.3 Å². The van der Waals surface area contributed by atoms with Crippen LogP contribution in [0.2, 0.25) is 5.02 Å². The minimum absolute atomic E-state index is 0.0620. The molecule has 0 bridgehead atoms. The topological polar surface area (TPSA) is 59.1 Å². The highest BCUT2D eigenvalue weighted by Crippen LogP contribution is 2.30. The molecule has 2 atom stereocenters. The molecule has 0 N–H and O–H groups in total. The predicted molar refractivity (Wildman–Crippen MR) is 179 cm³/mol. The summed E-state index contributed by atoms with van der Waals surface area (Å²) in [6, 6.07) is 35.5. The monoisotopic (exact) mass is 624 g/mol. The Morgan fingerprint density at radius 3 is 2.02 bits per heavy atom. The fourth-order valence-electron chi connectivity index (χ4n) is 5.93. The van der Waals surface area contributed by atoms with E-state index in [1.165, 1.54) is 11.1 Å². The van der Waals surface area contributed by atoms with Gasteiger partial charge in [0.25, 0.3) is 0 Å². The van der Waals surface area contributed by atoms with Crippen molar-refractivity contribution >= 4 is 23.4 Å². The molecule has 6 nitrogen and oxygen atoms in total. The molecule has 1 saturated heterocycles. The van der Waals surface area contributed by atoms with Crippen LogP contribution in [-0.4, -0.2) is 74.1 Å². The van der Waals surface area contributed by atoms with E-state index in [1.54, 1.807) is 24.3 Å². The van der Waals surface area contributed by atoms with Gasteiger partial charge < -0.3 is 9.47 Å². The summed E-state index contributed by atoms with van der Waals surface area (Å²) in [4.78, 5) is 30.8. The van der Waals surface area contributed by atoms with E-state index in [9.17, 15) is 9.59 Å². The lowest BCUT2D eigenvalue weighted by molar-refractivity contribution is -0.147. The Morgan fingerprint density at radius 2 is 1.33 bits per heavy atom. The molecule has 4 aromatic carbocycles. The minimum Gasteiger partial charge on any atom is -0.463 e. The third kappa shape index (κ3) is 8.89. The second kappa shape index (κ2) is 16.5. The SMILES string of the molecule is CC[C@@H](C(=O)OCCOCCN1CCN([C@H](c2ccccc2)c2ccc(Cl)cc2)CC1)c1cccc(C(=O)c2ccccc2)c1. The zero-order valence-corrected chi connectivity index (χ0v) is 26.6. The summed E-state index contributed by atoms with van der Waals surface area (Å²) in [5.74, 6) is -0.791. The molecule has 0 spiro atoms. The number of carbonyl (C=O) groups excluding carboxylic acids is 2. The third-order valence-corrected chi connectivity index (χ3v) is 8.63. The molecule has 7 heteroatoms. The molecule has 4 aromatic rings. The number of hydrogen-bond donors (Lipinski definition) is 0. The first-order valence-corrected chi connectivity index (χ1v) is 16.1. The van der Waals surface area contributed by atoms with Crippen LogP contribution >= 0.6 is 11.6 Å². The Bertz CT molecular complexity index is 1510. The van der Waals surface area contributed by atoms with Gasteiger partial charge in [-0.3, -0.25) is 19.4 Å². The van der Waals surface area contributed by atoms with Crippen LogP contribution in [-0.2, 0) is 14.3 Å². The van der Waals surface area contributed by atoms with Crippen molar-refractivity contribution in [3.63, 3.8) is 0 Å². The van der Waals surface area contributed by atoms with Crippen LogP contribution in [0.15, 0.2) is 109 Å². The summed E-state index contributed by atoms with van der Waals surface area (Å²) in [5, 5.41) is 0.748. The molecule has 1 heterocycles. The highest BCUT2D eigenvalue weighted by atomic mass is 35.5. The molecule has 1 aliphatic rings. The summed E-state index contributed by atoms with van der Waals surface area (Å²) in [5.41, 5.74) is 4.50. The average molecular weight is 625 g/mol. The number of ether oxygens (including phenoxy) is 2. The lowest BCUT2D eigenvalue weighted by atomic mass is 9.93. The number of halogens is 1. The van der Waals surface area contributed by atoms with Crippen molar-refractivity contribution in [2.45, 2.75) is 25.3 Å². The van der Waals surface area contributed by atoms with Crippen LogP contribution in [0.5, 0.6) is 0 Å². The molecule has 5 rings (SSSR count). The summed E-state index contributed by atoms with van der Waals surface area (Å²) in [6.45, 7) is 7.74. The molecular formula is C38H41ClN2O4. The van der Waals surface area contributed by atoms with E-state index in [2.05, 4.69) is 52.3 Å². The van der Waals surface area contributed by atoms with Gasteiger partial charge in [0.15, 0.2) is 5.78 Å². The zero-order valence-electron chi connectivity index (χ0n) is 25.8. The van der Waals surface area contributed by atoms with Crippen molar-refractivity contribution in [3.05, 3.63) is 142 Å². The lowest BCUT2D eigenvalue weighted by Gasteiger charge is -2.39. The maximum Gasteiger partial charge on any atom is 0.313 e. The lowest BCUT2D eigenvalue weighted by Crippen LogP contribution is -2.48. The van der Waals surface area contributed by atoms with E-state index < -0.39 is 5.92 Å². The predicted octanol–water partition coefficient (Wildman–Crippen LogP) is 7.03. The van der Waals surface area contributed by atoms with Gasteiger partial charge in [-0.05, 0) is 41.3 Å². The first kappa shape index (κ1) is 32.6. The van der Waals surface area contributed by atoms with Crippen LogP contribution in [0.3, 0.4) is 0 Å². The molecule has 0 aliphatic carbocycles. The Labute approximate surface area is 271 Å².